The van der Waals surface area contributed by atoms with Gasteiger partial charge in [-0.05, 0) is 42.0 Å². The molecule has 0 spiro atoms. The van der Waals surface area contributed by atoms with Gasteiger partial charge in [0.25, 0.3) is 0 Å². The molecule has 0 radical (unpaired) electrons. The minimum Gasteiger partial charge on any atom is -0.481 e. The number of nitrogens with zero attached hydrogens (tertiary/aromatic N) is 1. The van der Waals surface area contributed by atoms with Crippen LogP contribution in [0.25, 0.3) is 17.0 Å². The molecular weight excluding hydrogens is 382 g/mol. The summed E-state index contributed by atoms with van der Waals surface area (Å²) in [5.41, 5.74) is 4.75. The number of hydrogen-bond donors (Lipinski definition) is 1. The number of carboxylic acid groups (broad SMARTS) is 1. The van der Waals surface area contributed by atoms with Gasteiger partial charge >= 0.3 is 5.97 Å². The Morgan fingerprint density at radius 2 is 1.58 bits per heavy atom. The van der Waals surface area contributed by atoms with E-state index < -0.39 is 11.9 Å². The van der Waals surface area contributed by atoms with Crippen LogP contribution in [0.15, 0.2) is 97.2 Å². The number of aliphatic carboxylic acids is 1. The van der Waals surface area contributed by atoms with E-state index in [1.165, 1.54) is 22.0 Å². The molecule has 156 valence electrons. The van der Waals surface area contributed by atoms with E-state index >= 15 is 0 Å². The van der Waals surface area contributed by atoms with Gasteiger partial charge in [-0.3, -0.25) is 4.79 Å². The van der Waals surface area contributed by atoms with Crippen molar-refractivity contribution in [1.29, 1.82) is 0 Å². The Balaban J connectivity index is 1.48. The summed E-state index contributed by atoms with van der Waals surface area (Å²) in [5, 5.41) is 10.9. The standard InChI is InChI=1S/C28H27NO2/c30-28(31)24(15-9-14-22-10-3-1-4-11-22)18-19-25-21-29(20-23-12-5-2-6-13-23)27-17-8-7-16-26(25)27/h1-14,16-17,21,24H,15,18-20H2,(H,30,31). The molecule has 3 nitrogen and oxygen atoms in total. The van der Waals surface area contributed by atoms with Crippen molar-refractivity contribution in [2.75, 3.05) is 0 Å². The van der Waals surface area contributed by atoms with Crippen molar-refractivity contribution in [3.63, 3.8) is 0 Å². The Morgan fingerprint density at radius 3 is 2.32 bits per heavy atom. The number of allylic oxidation sites excluding steroid dienone is 1. The summed E-state index contributed by atoms with van der Waals surface area (Å²) in [6.07, 6.45) is 8.07. The van der Waals surface area contributed by atoms with E-state index in [1.807, 2.05) is 48.6 Å². The Kier molecular flexibility index (Phi) is 6.63. The van der Waals surface area contributed by atoms with Gasteiger partial charge in [-0.15, -0.1) is 0 Å². The molecule has 4 aromatic rings. The van der Waals surface area contributed by atoms with Crippen molar-refractivity contribution < 1.29 is 9.90 Å². The van der Waals surface area contributed by atoms with Crippen LogP contribution >= 0.6 is 0 Å². The highest BCUT2D eigenvalue weighted by Crippen LogP contribution is 2.25. The highest BCUT2D eigenvalue weighted by atomic mass is 16.4. The van der Waals surface area contributed by atoms with Gasteiger partial charge in [-0.1, -0.05) is 91.0 Å². The SMILES string of the molecule is O=C(O)C(CC=Cc1ccccc1)CCc1cn(Cc2ccccc2)c2ccccc12. The molecule has 1 aromatic heterocycles. The van der Waals surface area contributed by atoms with E-state index in [1.54, 1.807) is 0 Å². The zero-order valence-corrected chi connectivity index (χ0v) is 17.5. The first-order valence-electron chi connectivity index (χ1n) is 10.8. The third kappa shape index (κ3) is 5.32. The molecule has 1 unspecified atom stereocenters. The molecule has 0 aliphatic carbocycles. The number of aromatic nitrogens is 1. The summed E-state index contributed by atoms with van der Waals surface area (Å²) in [6, 6.07) is 28.8. The summed E-state index contributed by atoms with van der Waals surface area (Å²) in [4.78, 5) is 11.8. The monoisotopic (exact) mass is 409 g/mol. The normalized spacial score (nSPS) is 12.4. The van der Waals surface area contributed by atoms with Crippen LogP contribution in [0.1, 0.15) is 29.5 Å². The van der Waals surface area contributed by atoms with E-state index in [0.29, 0.717) is 12.8 Å². The van der Waals surface area contributed by atoms with Crippen LogP contribution in [-0.4, -0.2) is 15.6 Å². The van der Waals surface area contributed by atoms with Crippen molar-refractivity contribution in [3.8, 4) is 0 Å². The molecule has 1 N–H and O–H groups in total. The molecule has 31 heavy (non-hydrogen) atoms. The van der Waals surface area contributed by atoms with Crippen molar-refractivity contribution >= 4 is 22.9 Å². The second kappa shape index (κ2) is 9.94. The molecule has 4 rings (SSSR count). The van der Waals surface area contributed by atoms with Crippen LogP contribution in [0.4, 0.5) is 0 Å². The maximum atomic E-state index is 11.8. The average Bonchev–Trinajstić information content (AvgIpc) is 3.15. The van der Waals surface area contributed by atoms with Crippen LogP contribution < -0.4 is 0 Å². The minimum atomic E-state index is -0.731. The summed E-state index contributed by atoms with van der Waals surface area (Å²) in [5.74, 6) is -1.12. The fraction of sp³-hybridized carbons (Fsp3) is 0.179. The van der Waals surface area contributed by atoms with Crippen molar-refractivity contribution in [2.45, 2.75) is 25.8 Å². The first kappa shape index (κ1) is 20.7. The number of para-hydroxylation sites is 1. The maximum absolute atomic E-state index is 11.8. The number of fused-ring (bicyclic) bond motifs is 1. The number of benzene rings is 3. The van der Waals surface area contributed by atoms with Gasteiger partial charge in [0.1, 0.15) is 0 Å². The molecule has 0 saturated carbocycles. The molecule has 0 amide bonds. The van der Waals surface area contributed by atoms with E-state index in [2.05, 4.69) is 59.3 Å². The molecule has 0 fully saturated rings. The highest BCUT2D eigenvalue weighted by Gasteiger charge is 2.17. The number of hydrogen-bond acceptors (Lipinski definition) is 1. The topological polar surface area (TPSA) is 42.2 Å². The van der Waals surface area contributed by atoms with Crippen LogP contribution in [-0.2, 0) is 17.8 Å². The van der Waals surface area contributed by atoms with Crippen LogP contribution in [0.3, 0.4) is 0 Å². The molecule has 3 aromatic carbocycles. The molecule has 0 aliphatic rings. The number of carboxylic acids is 1. The van der Waals surface area contributed by atoms with E-state index in [-0.39, 0.29) is 0 Å². The molecule has 0 aliphatic heterocycles. The molecule has 0 saturated heterocycles. The van der Waals surface area contributed by atoms with Crippen molar-refractivity contribution in [2.24, 2.45) is 5.92 Å². The molecule has 1 atom stereocenters. The van der Waals surface area contributed by atoms with Crippen LogP contribution in [0.5, 0.6) is 0 Å². The van der Waals surface area contributed by atoms with E-state index in [9.17, 15) is 9.90 Å². The summed E-state index contributed by atoms with van der Waals surface area (Å²) >= 11 is 0. The third-order valence-electron chi connectivity index (χ3n) is 5.71. The third-order valence-corrected chi connectivity index (χ3v) is 5.71. The Morgan fingerprint density at radius 1 is 0.903 bits per heavy atom. The van der Waals surface area contributed by atoms with Crippen molar-refractivity contribution in [3.05, 3.63) is 114 Å². The van der Waals surface area contributed by atoms with Gasteiger partial charge in [0.05, 0.1) is 5.92 Å². The molecular formula is C28H27NO2. The smallest absolute Gasteiger partial charge is 0.306 e. The fourth-order valence-electron chi connectivity index (χ4n) is 4.04. The number of rotatable bonds is 9. The van der Waals surface area contributed by atoms with Crippen LogP contribution in [0.2, 0.25) is 0 Å². The zero-order valence-electron chi connectivity index (χ0n) is 17.5. The second-order valence-electron chi connectivity index (χ2n) is 7.91. The fourth-order valence-corrected chi connectivity index (χ4v) is 4.04. The van der Waals surface area contributed by atoms with E-state index in [4.69, 9.17) is 0 Å². The van der Waals surface area contributed by atoms with Gasteiger partial charge in [-0.2, -0.15) is 0 Å². The van der Waals surface area contributed by atoms with Gasteiger partial charge in [0, 0.05) is 23.6 Å². The molecule has 0 bridgehead atoms. The summed E-state index contributed by atoms with van der Waals surface area (Å²) < 4.78 is 2.27. The van der Waals surface area contributed by atoms with E-state index in [0.717, 1.165) is 18.5 Å². The van der Waals surface area contributed by atoms with Crippen LogP contribution in [0, 0.1) is 5.92 Å². The summed E-state index contributed by atoms with van der Waals surface area (Å²) in [6.45, 7) is 0.809. The lowest BCUT2D eigenvalue weighted by atomic mass is 9.96. The van der Waals surface area contributed by atoms with Crippen molar-refractivity contribution in [1.82, 2.24) is 4.57 Å². The minimum absolute atomic E-state index is 0.392. The Labute approximate surface area is 183 Å². The zero-order chi connectivity index (χ0) is 21.5. The number of carbonyl (C=O) groups is 1. The highest BCUT2D eigenvalue weighted by molar-refractivity contribution is 5.84. The lowest BCUT2D eigenvalue weighted by Crippen LogP contribution is -2.13. The van der Waals surface area contributed by atoms with Gasteiger partial charge in [0.15, 0.2) is 0 Å². The lowest BCUT2D eigenvalue weighted by molar-refractivity contribution is -0.141. The first-order valence-corrected chi connectivity index (χ1v) is 10.8. The number of aryl methyl sites for hydroxylation is 1. The van der Waals surface area contributed by atoms with Gasteiger partial charge < -0.3 is 9.67 Å². The predicted octanol–water partition coefficient (Wildman–Crippen LogP) is 6.43. The Bertz CT molecular complexity index is 1160. The maximum Gasteiger partial charge on any atom is 0.306 e. The molecule has 1 heterocycles. The molecule has 3 heteroatoms. The first-order chi connectivity index (χ1) is 15.2. The van der Waals surface area contributed by atoms with Gasteiger partial charge in [0.2, 0.25) is 0 Å². The quantitative estimate of drug-likeness (QED) is 0.346. The second-order valence-corrected chi connectivity index (χ2v) is 7.91. The Hall–Kier alpha value is -3.59. The largest absolute Gasteiger partial charge is 0.481 e. The average molecular weight is 410 g/mol. The lowest BCUT2D eigenvalue weighted by Gasteiger charge is -2.09. The predicted molar refractivity (Wildman–Crippen MR) is 127 cm³/mol. The van der Waals surface area contributed by atoms with Gasteiger partial charge in [-0.25, -0.2) is 0 Å². The summed E-state index contributed by atoms with van der Waals surface area (Å²) in [7, 11) is 0.